The summed E-state index contributed by atoms with van der Waals surface area (Å²) in [5.41, 5.74) is 1.05. The Balaban J connectivity index is 1.79. The van der Waals surface area contributed by atoms with Crippen LogP contribution in [0.1, 0.15) is 24.9 Å². The normalized spacial score (nSPS) is 17.6. The van der Waals surface area contributed by atoms with Gasteiger partial charge in [0.15, 0.2) is 0 Å². The van der Waals surface area contributed by atoms with Crippen LogP contribution in [0.5, 0.6) is 0 Å². The molecule has 1 saturated heterocycles. The number of hydrogen-bond donors (Lipinski definition) is 0. The molecule has 1 fully saturated rings. The van der Waals surface area contributed by atoms with E-state index >= 15 is 0 Å². The van der Waals surface area contributed by atoms with Gasteiger partial charge in [-0.3, -0.25) is 9.59 Å². The van der Waals surface area contributed by atoms with Crippen molar-refractivity contribution in [3.63, 3.8) is 0 Å². The lowest BCUT2D eigenvalue weighted by Gasteiger charge is -2.32. The molecule has 0 N–H and O–H groups in total. The van der Waals surface area contributed by atoms with Crippen molar-refractivity contribution in [2.45, 2.75) is 30.3 Å². The Hall–Kier alpha value is -2.63. The van der Waals surface area contributed by atoms with E-state index < -0.39 is 39.7 Å². The van der Waals surface area contributed by atoms with Crippen molar-refractivity contribution >= 4 is 50.1 Å². The number of imide groups is 1. The van der Waals surface area contributed by atoms with Gasteiger partial charge in [-0.2, -0.15) is 4.31 Å². The molecule has 2 amide bonds. The Morgan fingerprint density at radius 1 is 0.970 bits per heavy atom. The van der Waals surface area contributed by atoms with Crippen LogP contribution < -0.4 is 4.90 Å². The number of nitrogens with zero attached hydrogens (tertiary/aromatic N) is 2. The third-order valence-electron chi connectivity index (χ3n) is 5.57. The van der Waals surface area contributed by atoms with E-state index in [2.05, 4.69) is 22.6 Å². The van der Waals surface area contributed by atoms with E-state index in [-0.39, 0.29) is 11.3 Å². The maximum absolute atomic E-state index is 13.7. The van der Waals surface area contributed by atoms with Crippen LogP contribution in [0.25, 0.3) is 0 Å². The minimum Gasteiger partial charge on any atom is -0.274 e. The topological polar surface area (TPSA) is 74.8 Å². The lowest BCUT2D eigenvalue weighted by molar-refractivity contribution is -0.122. The molecule has 2 atom stereocenters. The Morgan fingerprint density at radius 2 is 1.58 bits per heavy atom. The standard InChI is InChI=1S/C24H20FIN2O4S/c1-16(17-5-3-2-4-6-17)28(33(31,32)21-13-7-18(25)8-14-21)22-15-23(29)27(24(22)30)20-11-9-19(26)10-12-20/h2-14,16,22H,15H2,1H3. The van der Waals surface area contributed by atoms with Gasteiger partial charge in [-0.25, -0.2) is 17.7 Å². The summed E-state index contributed by atoms with van der Waals surface area (Å²) < 4.78 is 42.9. The second-order valence-corrected chi connectivity index (χ2v) is 10.7. The van der Waals surface area contributed by atoms with Crippen LogP contribution in [-0.4, -0.2) is 30.6 Å². The summed E-state index contributed by atoms with van der Waals surface area (Å²) in [7, 11) is -4.25. The number of amides is 2. The number of sulfonamides is 1. The van der Waals surface area contributed by atoms with E-state index in [1.165, 1.54) is 0 Å². The summed E-state index contributed by atoms with van der Waals surface area (Å²) in [6.45, 7) is 1.67. The van der Waals surface area contributed by atoms with Crippen molar-refractivity contribution in [2.24, 2.45) is 0 Å². The third-order valence-corrected chi connectivity index (χ3v) is 8.28. The van der Waals surface area contributed by atoms with Gasteiger partial charge >= 0.3 is 0 Å². The van der Waals surface area contributed by atoms with Crippen LogP contribution >= 0.6 is 22.6 Å². The molecule has 0 spiro atoms. The van der Waals surface area contributed by atoms with Crippen molar-refractivity contribution in [3.8, 4) is 0 Å². The predicted molar refractivity (Wildman–Crippen MR) is 130 cm³/mol. The highest BCUT2D eigenvalue weighted by Gasteiger charge is 2.48. The van der Waals surface area contributed by atoms with Crippen molar-refractivity contribution in [2.75, 3.05) is 4.90 Å². The van der Waals surface area contributed by atoms with E-state index in [0.717, 1.165) is 37.0 Å². The SMILES string of the molecule is CC(c1ccccc1)N(C1CC(=O)N(c2ccc(I)cc2)C1=O)S(=O)(=O)c1ccc(F)cc1. The maximum atomic E-state index is 13.7. The minimum atomic E-state index is -4.25. The summed E-state index contributed by atoms with van der Waals surface area (Å²) in [5.74, 6) is -1.67. The first-order valence-electron chi connectivity index (χ1n) is 10.2. The van der Waals surface area contributed by atoms with Crippen LogP contribution in [-0.2, 0) is 19.6 Å². The first-order chi connectivity index (χ1) is 15.7. The molecular formula is C24H20FIN2O4S. The molecule has 0 aromatic heterocycles. The minimum absolute atomic E-state index is 0.153. The number of benzene rings is 3. The molecule has 3 aromatic carbocycles. The fourth-order valence-electron chi connectivity index (χ4n) is 3.93. The maximum Gasteiger partial charge on any atom is 0.252 e. The largest absolute Gasteiger partial charge is 0.274 e. The van der Waals surface area contributed by atoms with Crippen LogP contribution in [0.2, 0.25) is 0 Å². The molecule has 6 nitrogen and oxygen atoms in total. The summed E-state index contributed by atoms with van der Waals surface area (Å²) in [6.07, 6.45) is -0.289. The molecular weight excluding hydrogens is 558 g/mol. The van der Waals surface area contributed by atoms with Gasteiger partial charge in [-0.1, -0.05) is 30.3 Å². The van der Waals surface area contributed by atoms with Crippen LogP contribution in [0.15, 0.2) is 83.8 Å². The van der Waals surface area contributed by atoms with Crippen LogP contribution in [0.3, 0.4) is 0 Å². The van der Waals surface area contributed by atoms with Gasteiger partial charge in [-0.05, 0) is 83.6 Å². The van der Waals surface area contributed by atoms with E-state index in [0.29, 0.717) is 11.3 Å². The molecule has 1 aliphatic rings. The highest BCUT2D eigenvalue weighted by atomic mass is 127. The van der Waals surface area contributed by atoms with Gasteiger partial charge in [0.1, 0.15) is 11.9 Å². The van der Waals surface area contributed by atoms with E-state index in [9.17, 15) is 22.4 Å². The van der Waals surface area contributed by atoms with Crippen LogP contribution in [0, 0.1) is 9.39 Å². The highest BCUT2D eigenvalue weighted by molar-refractivity contribution is 14.1. The zero-order valence-corrected chi connectivity index (χ0v) is 20.5. The molecule has 9 heteroatoms. The fraction of sp³-hybridized carbons (Fsp3) is 0.167. The molecule has 0 bridgehead atoms. The third kappa shape index (κ3) is 4.57. The highest BCUT2D eigenvalue weighted by Crippen LogP contribution is 2.35. The van der Waals surface area contributed by atoms with E-state index in [1.807, 2.05) is 0 Å². The van der Waals surface area contributed by atoms with E-state index in [4.69, 9.17) is 0 Å². The van der Waals surface area contributed by atoms with Crippen molar-refractivity contribution in [1.82, 2.24) is 4.31 Å². The number of carbonyl (C=O) groups is 2. The van der Waals surface area contributed by atoms with Gasteiger partial charge in [-0.15, -0.1) is 0 Å². The Bertz CT molecular complexity index is 1280. The second kappa shape index (κ2) is 9.32. The molecule has 1 heterocycles. The number of carbonyl (C=O) groups excluding carboxylic acids is 2. The van der Waals surface area contributed by atoms with Gasteiger partial charge in [0.2, 0.25) is 15.9 Å². The predicted octanol–water partition coefficient (Wildman–Crippen LogP) is 4.51. The zero-order valence-electron chi connectivity index (χ0n) is 17.6. The van der Waals surface area contributed by atoms with Crippen LogP contribution in [0.4, 0.5) is 10.1 Å². The Labute approximate surface area is 205 Å². The first-order valence-corrected chi connectivity index (χ1v) is 12.7. The summed E-state index contributed by atoms with van der Waals surface area (Å²) in [5, 5.41) is 0. The average molecular weight is 578 g/mol. The van der Waals surface area contributed by atoms with Crippen molar-refractivity contribution < 1.29 is 22.4 Å². The van der Waals surface area contributed by atoms with Gasteiger partial charge in [0, 0.05) is 9.61 Å². The molecule has 0 saturated carbocycles. The Kier molecular flexibility index (Phi) is 6.64. The molecule has 0 aliphatic carbocycles. The lowest BCUT2D eigenvalue weighted by Crippen LogP contribution is -2.46. The lowest BCUT2D eigenvalue weighted by atomic mass is 10.1. The molecule has 0 radical (unpaired) electrons. The van der Waals surface area contributed by atoms with Gasteiger partial charge < -0.3 is 0 Å². The number of hydrogen-bond acceptors (Lipinski definition) is 4. The quantitative estimate of drug-likeness (QED) is 0.319. The fourth-order valence-corrected chi connectivity index (χ4v) is 6.05. The van der Waals surface area contributed by atoms with Crippen molar-refractivity contribution in [3.05, 3.63) is 93.8 Å². The van der Waals surface area contributed by atoms with E-state index in [1.54, 1.807) is 61.5 Å². The molecule has 3 aromatic rings. The number of rotatable bonds is 6. The number of anilines is 1. The average Bonchev–Trinajstić information content (AvgIpc) is 3.08. The molecule has 1 aliphatic heterocycles. The molecule has 4 rings (SSSR count). The zero-order chi connectivity index (χ0) is 23.8. The van der Waals surface area contributed by atoms with Crippen molar-refractivity contribution in [1.29, 1.82) is 0 Å². The molecule has 33 heavy (non-hydrogen) atoms. The second-order valence-electron chi connectivity index (χ2n) is 7.64. The van der Waals surface area contributed by atoms with Gasteiger partial charge in [0.25, 0.3) is 5.91 Å². The summed E-state index contributed by atoms with van der Waals surface area (Å²) in [6, 6.07) is 18.1. The molecule has 170 valence electrons. The summed E-state index contributed by atoms with van der Waals surface area (Å²) >= 11 is 2.12. The smallest absolute Gasteiger partial charge is 0.252 e. The Morgan fingerprint density at radius 3 is 2.18 bits per heavy atom. The molecule has 2 unspecified atom stereocenters. The first kappa shape index (κ1) is 23.5. The summed E-state index contributed by atoms with van der Waals surface area (Å²) in [4.78, 5) is 27.2. The number of halogens is 2. The van der Waals surface area contributed by atoms with Gasteiger partial charge in [0.05, 0.1) is 17.0 Å². The monoisotopic (exact) mass is 578 g/mol.